The van der Waals surface area contributed by atoms with E-state index in [-0.39, 0.29) is 10.0 Å². The van der Waals surface area contributed by atoms with Gasteiger partial charge >= 0.3 is 0 Å². The van der Waals surface area contributed by atoms with E-state index in [1.165, 1.54) is 12.1 Å². The Kier molecular flexibility index (Phi) is 2.55. The molecule has 0 N–H and O–H groups in total. The molecule has 0 amide bonds. The smallest absolute Gasteiger partial charge is 0.143 e. The van der Waals surface area contributed by atoms with Crippen LogP contribution in [0.1, 0.15) is 0 Å². The molecule has 0 fully saturated rings. The maximum atomic E-state index is 12.5. The van der Waals surface area contributed by atoms with Crippen molar-refractivity contribution in [1.29, 1.82) is 0 Å². The summed E-state index contributed by atoms with van der Waals surface area (Å²) in [6.45, 7) is 0. The van der Waals surface area contributed by atoms with Crippen LogP contribution in [0.25, 0.3) is 0 Å². The summed E-state index contributed by atoms with van der Waals surface area (Å²) in [4.78, 5) is 0. The van der Waals surface area contributed by atoms with E-state index >= 15 is 0 Å². The molecular formula is C6H2BrCl2F. The highest BCUT2D eigenvalue weighted by molar-refractivity contribution is 9.10. The molecule has 0 radical (unpaired) electrons. The predicted octanol–water partition coefficient (Wildman–Crippen LogP) is 3.90. The van der Waals surface area contributed by atoms with Crippen LogP contribution >= 0.6 is 39.1 Å². The Morgan fingerprint density at radius 3 is 2.30 bits per heavy atom. The van der Waals surface area contributed by atoms with Crippen molar-refractivity contribution in [3.05, 3.63) is 32.5 Å². The molecule has 0 heterocycles. The monoisotopic (exact) mass is 242 g/mol. The molecule has 0 unspecified atom stereocenters. The van der Waals surface area contributed by atoms with Crippen molar-refractivity contribution in [2.24, 2.45) is 0 Å². The average Bonchev–Trinajstić information content (AvgIpc) is 1.93. The van der Waals surface area contributed by atoms with E-state index in [1.54, 1.807) is 0 Å². The van der Waals surface area contributed by atoms with E-state index in [2.05, 4.69) is 15.9 Å². The molecular weight excluding hydrogens is 242 g/mol. The molecule has 0 spiro atoms. The summed E-state index contributed by atoms with van der Waals surface area (Å²) < 4.78 is 13.1. The fourth-order valence-electron chi connectivity index (χ4n) is 0.502. The first-order valence-corrected chi connectivity index (χ1v) is 3.97. The molecule has 0 aliphatic heterocycles. The molecule has 1 rings (SSSR count). The third-order valence-electron chi connectivity index (χ3n) is 0.988. The molecule has 54 valence electrons. The lowest BCUT2D eigenvalue weighted by atomic mass is 10.3. The summed E-state index contributed by atoms with van der Waals surface area (Å²) in [6.07, 6.45) is 0. The highest BCUT2D eigenvalue weighted by Gasteiger charge is 2.06. The van der Waals surface area contributed by atoms with E-state index < -0.39 is 5.82 Å². The first-order chi connectivity index (χ1) is 4.63. The number of halogens is 4. The zero-order valence-corrected chi connectivity index (χ0v) is 7.76. The van der Waals surface area contributed by atoms with E-state index in [0.29, 0.717) is 4.47 Å². The Morgan fingerprint density at radius 2 is 1.80 bits per heavy atom. The molecule has 4 heteroatoms. The zero-order chi connectivity index (χ0) is 7.72. The number of hydrogen-bond acceptors (Lipinski definition) is 0. The quantitative estimate of drug-likeness (QED) is 0.479. The number of rotatable bonds is 0. The second-order valence-corrected chi connectivity index (χ2v) is 3.27. The van der Waals surface area contributed by atoms with Gasteiger partial charge in [0.05, 0.1) is 10.0 Å². The van der Waals surface area contributed by atoms with Crippen molar-refractivity contribution >= 4 is 39.1 Å². The van der Waals surface area contributed by atoms with Gasteiger partial charge in [0.15, 0.2) is 0 Å². The zero-order valence-electron chi connectivity index (χ0n) is 4.67. The van der Waals surface area contributed by atoms with Gasteiger partial charge in [-0.25, -0.2) is 4.39 Å². The lowest BCUT2D eigenvalue weighted by molar-refractivity contribution is 0.628. The van der Waals surface area contributed by atoms with Crippen LogP contribution in [0.3, 0.4) is 0 Å². The van der Waals surface area contributed by atoms with Gasteiger partial charge in [-0.1, -0.05) is 23.2 Å². The highest BCUT2D eigenvalue weighted by Crippen LogP contribution is 2.31. The van der Waals surface area contributed by atoms with Crippen molar-refractivity contribution in [3.63, 3.8) is 0 Å². The van der Waals surface area contributed by atoms with Gasteiger partial charge in [-0.3, -0.25) is 0 Å². The molecule has 0 saturated carbocycles. The molecule has 0 saturated heterocycles. The maximum Gasteiger partial charge on any atom is 0.143 e. The minimum Gasteiger partial charge on any atom is -0.205 e. The predicted molar refractivity (Wildman–Crippen MR) is 44.1 cm³/mol. The van der Waals surface area contributed by atoms with Crippen molar-refractivity contribution in [3.8, 4) is 0 Å². The summed E-state index contributed by atoms with van der Waals surface area (Å²) in [5, 5.41) is 0.165. The van der Waals surface area contributed by atoms with Crippen molar-refractivity contribution in [2.75, 3.05) is 0 Å². The average molecular weight is 244 g/mol. The van der Waals surface area contributed by atoms with Gasteiger partial charge in [0.25, 0.3) is 0 Å². The minimum absolute atomic E-state index is 0.0453. The van der Waals surface area contributed by atoms with Crippen LogP contribution in [-0.2, 0) is 0 Å². The summed E-state index contributed by atoms with van der Waals surface area (Å²) in [5.41, 5.74) is 0. The van der Waals surface area contributed by atoms with E-state index in [4.69, 9.17) is 23.2 Å². The lowest BCUT2D eigenvalue weighted by Gasteiger charge is -1.97. The van der Waals surface area contributed by atoms with Crippen LogP contribution in [0, 0.1) is 5.82 Å². The van der Waals surface area contributed by atoms with Gasteiger partial charge in [-0.2, -0.15) is 0 Å². The maximum absolute atomic E-state index is 12.5. The van der Waals surface area contributed by atoms with Gasteiger partial charge in [0.1, 0.15) is 5.82 Å². The van der Waals surface area contributed by atoms with Gasteiger partial charge in [0, 0.05) is 4.47 Å². The first-order valence-electron chi connectivity index (χ1n) is 2.42. The summed E-state index contributed by atoms with van der Waals surface area (Å²) in [7, 11) is 0. The standard InChI is InChI=1S/C6H2BrCl2F/c7-3-1-2-4(10)6(9)5(3)8/h1-2H. The topological polar surface area (TPSA) is 0 Å². The van der Waals surface area contributed by atoms with Gasteiger partial charge in [0.2, 0.25) is 0 Å². The Morgan fingerprint density at radius 1 is 1.20 bits per heavy atom. The largest absolute Gasteiger partial charge is 0.205 e. The van der Waals surface area contributed by atoms with E-state index in [1.807, 2.05) is 0 Å². The lowest BCUT2D eigenvalue weighted by Crippen LogP contribution is -1.77. The highest BCUT2D eigenvalue weighted by atomic mass is 79.9. The van der Waals surface area contributed by atoms with Crippen molar-refractivity contribution in [1.82, 2.24) is 0 Å². The normalized spacial score (nSPS) is 10.0. The van der Waals surface area contributed by atoms with E-state index in [0.717, 1.165) is 0 Å². The van der Waals surface area contributed by atoms with Gasteiger partial charge in [-0.05, 0) is 28.1 Å². The summed E-state index contributed by atoms with van der Waals surface area (Å²) in [5.74, 6) is -0.505. The Balaban J connectivity index is 3.34. The SMILES string of the molecule is Fc1ccc(Br)c(Cl)c1Cl. The molecule has 0 aromatic heterocycles. The Bertz CT molecular complexity index is 235. The van der Waals surface area contributed by atoms with Crippen LogP contribution in [-0.4, -0.2) is 0 Å². The van der Waals surface area contributed by atoms with Crippen molar-refractivity contribution < 1.29 is 4.39 Å². The second-order valence-electron chi connectivity index (χ2n) is 1.66. The van der Waals surface area contributed by atoms with E-state index in [9.17, 15) is 4.39 Å². The Labute approximate surface area is 76.1 Å². The molecule has 0 bridgehead atoms. The molecule has 1 aromatic rings. The third kappa shape index (κ3) is 1.44. The minimum atomic E-state index is -0.505. The van der Waals surface area contributed by atoms with Crippen LogP contribution in [0.2, 0.25) is 10.0 Å². The van der Waals surface area contributed by atoms with Gasteiger partial charge in [-0.15, -0.1) is 0 Å². The number of benzene rings is 1. The fourth-order valence-corrected chi connectivity index (χ4v) is 1.26. The molecule has 0 aliphatic rings. The Hall–Kier alpha value is 0.210. The summed E-state index contributed by atoms with van der Waals surface area (Å²) >= 11 is 14.1. The first kappa shape index (κ1) is 8.31. The third-order valence-corrected chi connectivity index (χ3v) is 2.74. The molecule has 0 nitrogen and oxygen atoms in total. The van der Waals surface area contributed by atoms with Gasteiger partial charge < -0.3 is 0 Å². The molecule has 0 aliphatic carbocycles. The van der Waals surface area contributed by atoms with Crippen molar-refractivity contribution in [2.45, 2.75) is 0 Å². The second kappa shape index (κ2) is 3.07. The van der Waals surface area contributed by atoms with Crippen LogP contribution in [0.4, 0.5) is 4.39 Å². The molecule has 10 heavy (non-hydrogen) atoms. The van der Waals surface area contributed by atoms with Crippen LogP contribution < -0.4 is 0 Å². The molecule has 1 aromatic carbocycles. The summed E-state index contributed by atoms with van der Waals surface area (Å²) in [6, 6.07) is 2.75. The number of hydrogen-bond donors (Lipinski definition) is 0. The fraction of sp³-hybridized carbons (Fsp3) is 0. The van der Waals surface area contributed by atoms with Crippen LogP contribution in [0.15, 0.2) is 16.6 Å². The molecule has 0 atom stereocenters. The van der Waals surface area contributed by atoms with Crippen LogP contribution in [0.5, 0.6) is 0 Å².